The fraction of sp³-hybridized carbons (Fsp3) is 0.294. The fourth-order valence-electron chi connectivity index (χ4n) is 2.58. The molecule has 120 valence electrons. The molecule has 6 heteroatoms. The Morgan fingerprint density at radius 1 is 1.30 bits per heavy atom. The zero-order valence-electron chi connectivity index (χ0n) is 13.2. The van der Waals surface area contributed by atoms with Crippen molar-refractivity contribution in [2.75, 3.05) is 25.3 Å². The van der Waals surface area contributed by atoms with Gasteiger partial charge in [-0.1, -0.05) is 0 Å². The summed E-state index contributed by atoms with van der Waals surface area (Å²) in [5, 5.41) is 2.88. The molecule has 2 heterocycles. The maximum Gasteiger partial charge on any atom is 0.254 e. The van der Waals surface area contributed by atoms with Gasteiger partial charge in [0.2, 0.25) is 5.88 Å². The van der Waals surface area contributed by atoms with Crippen molar-refractivity contribution < 1.29 is 14.3 Å². The summed E-state index contributed by atoms with van der Waals surface area (Å²) in [5.74, 6) is 1.20. The van der Waals surface area contributed by atoms with E-state index >= 15 is 0 Å². The number of carbonyl (C=O) groups is 1. The summed E-state index contributed by atoms with van der Waals surface area (Å²) in [6.07, 6.45) is 1.73. The molecule has 2 aromatic rings. The first kappa shape index (κ1) is 15.1. The van der Waals surface area contributed by atoms with Gasteiger partial charge in [-0.2, -0.15) is 0 Å². The Labute approximate surface area is 135 Å². The Morgan fingerprint density at radius 2 is 2.17 bits per heavy atom. The fourth-order valence-corrected chi connectivity index (χ4v) is 2.58. The minimum Gasteiger partial charge on any atom is -0.497 e. The predicted molar refractivity (Wildman–Crippen MR) is 86.9 cm³/mol. The smallest absolute Gasteiger partial charge is 0.254 e. The number of fused-ring (bicyclic) bond motifs is 1. The predicted octanol–water partition coefficient (Wildman–Crippen LogP) is 2.20. The van der Waals surface area contributed by atoms with Gasteiger partial charge >= 0.3 is 0 Å². The summed E-state index contributed by atoms with van der Waals surface area (Å²) >= 11 is 0. The number of ether oxygens (including phenoxy) is 2. The second-order valence-corrected chi connectivity index (χ2v) is 5.18. The van der Waals surface area contributed by atoms with Gasteiger partial charge in [0.05, 0.1) is 31.6 Å². The maximum atomic E-state index is 12.1. The van der Waals surface area contributed by atoms with Gasteiger partial charge in [-0.25, -0.2) is 4.98 Å². The molecule has 0 atom stereocenters. The lowest BCUT2D eigenvalue weighted by Gasteiger charge is -2.31. The Kier molecular flexibility index (Phi) is 4.32. The molecule has 0 radical (unpaired) electrons. The number of aromatic nitrogens is 1. The number of pyridine rings is 1. The molecule has 0 fully saturated rings. The first-order valence-corrected chi connectivity index (χ1v) is 7.50. The minimum atomic E-state index is -0.0834. The zero-order chi connectivity index (χ0) is 16.2. The van der Waals surface area contributed by atoms with Crippen LogP contribution in [-0.4, -0.2) is 31.3 Å². The average molecular weight is 313 g/mol. The molecule has 1 aromatic carbocycles. The second-order valence-electron chi connectivity index (χ2n) is 5.18. The number of nitrogens with zero attached hydrogens (tertiary/aromatic N) is 2. The van der Waals surface area contributed by atoms with Crippen LogP contribution in [0, 0.1) is 0 Å². The van der Waals surface area contributed by atoms with Crippen LogP contribution < -0.4 is 19.7 Å². The summed E-state index contributed by atoms with van der Waals surface area (Å²) < 4.78 is 10.6. The average Bonchev–Trinajstić information content (AvgIpc) is 2.58. The van der Waals surface area contributed by atoms with Crippen LogP contribution >= 0.6 is 0 Å². The highest BCUT2D eigenvalue weighted by molar-refractivity contribution is 6.01. The van der Waals surface area contributed by atoms with Crippen LogP contribution in [0.3, 0.4) is 0 Å². The number of hydrogen-bond acceptors (Lipinski definition) is 5. The topological polar surface area (TPSA) is 63.7 Å². The van der Waals surface area contributed by atoms with Crippen LogP contribution in [0.15, 0.2) is 36.5 Å². The monoisotopic (exact) mass is 313 g/mol. The van der Waals surface area contributed by atoms with E-state index in [0.717, 1.165) is 11.3 Å². The molecule has 1 aromatic heterocycles. The molecular formula is C17H19N3O3. The highest BCUT2D eigenvalue weighted by Crippen LogP contribution is 2.29. The lowest BCUT2D eigenvalue weighted by molar-refractivity contribution is 0.0947. The van der Waals surface area contributed by atoms with Gasteiger partial charge in [-0.15, -0.1) is 0 Å². The standard InChI is InChI=1S/C17H19N3O3/c1-3-23-16-8-12(6-7-18-16)10-20-11-19-17(21)14-9-13(22-2)4-5-15(14)20/h4-9H,3,10-11H2,1-2H3,(H,19,21). The zero-order valence-corrected chi connectivity index (χ0v) is 13.2. The number of amides is 1. The van der Waals surface area contributed by atoms with Crippen LogP contribution in [0.4, 0.5) is 5.69 Å². The summed E-state index contributed by atoms with van der Waals surface area (Å²) in [5.41, 5.74) is 2.58. The Bertz CT molecular complexity index is 718. The number of nitrogens with one attached hydrogen (secondary N) is 1. The molecular weight excluding hydrogens is 294 g/mol. The van der Waals surface area contributed by atoms with Gasteiger partial charge in [-0.3, -0.25) is 4.79 Å². The number of benzene rings is 1. The third-order valence-corrected chi connectivity index (χ3v) is 3.68. The number of methoxy groups -OCH3 is 1. The van der Waals surface area contributed by atoms with E-state index < -0.39 is 0 Å². The molecule has 0 spiro atoms. The quantitative estimate of drug-likeness (QED) is 0.917. The number of rotatable bonds is 5. The van der Waals surface area contributed by atoms with Crippen molar-refractivity contribution in [3.05, 3.63) is 47.7 Å². The van der Waals surface area contributed by atoms with Crippen molar-refractivity contribution in [3.63, 3.8) is 0 Å². The minimum absolute atomic E-state index is 0.0834. The highest BCUT2D eigenvalue weighted by atomic mass is 16.5. The van der Waals surface area contributed by atoms with Crippen molar-refractivity contribution in [1.29, 1.82) is 0 Å². The molecule has 1 aliphatic rings. The molecule has 0 unspecified atom stereocenters. The largest absolute Gasteiger partial charge is 0.497 e. The van der Waals surface area contributed by atoms with E-state index in [-0.39, 0.29) is 5.91 Å². The molecule has 3 rings (SSSR count). The highest BCUT2D eigenvalue weighted by Gasteiger charge is 2.23. The van der Waals surface area contributed by atoms with E-state index in [0.29, 0.717) is 37.0 Å². The van der Waals surface area contributed by atoms with E-state index in [4.69, 9.17) is 9.47 Å². The Balaban J connectivity index is 1.86. The van der Waals surface area contributed by atoms with Crippen molar-refractivity contribution in [2.45, 2.75) is 13.5 Å². The van der Waals surface area contributed by atoms with Crippen molar-refractivity contribution >= 4 is 11.6 Å². The van der Waals surface area contributed by atoms with Gasteiger partial charge in [-0.05, 0) is 36.8 Å². The molecule has 1 N–H and O–H groups in total. The Morgan fingerprint density at radius 3 is 2.96 bits per heavy atom. The first-order chi connectivity index (χ1) is 11.2. The third kappa shape index (κ3) is 3.21. The summed E-state index contributed by atoms with van der Waals surface area (Å²) in [7, 11) is 1.59. The Hall–Kier alpha value is -2.76. The van der Waals surface area contributed by atoms with E-state index in [9.17, 15) is 4.79 Å². The maximum absolute atomic E-state index is 12.1. The van der Waals surface area contributed by atoms with Gasteiger partial charge in [0.1, 0.15) is 5.75 Å². The molecule has 0 bridgehead atoms. The first-order valence-electron chi connectivity index (χ1n) is 7.50. The van der Waals surface area contributed by atoms with Gasteiger partial charge in [0.25, 0.3) is 5.91 Å². The molecule has 1 amide bonds. The van der Waals surface area contributed by atoms with Crippen molar-refractivity contribution in [1.82, 2.24) is 10.3 Å². The molecule has 23 heavy (non-hydrogen) atoms. The molecule has 0 saturated heterocycles. The molecule has 0 aliphatic carbocycles. The van der Waals surface area contributed by atoms with E-state index in [1.54, 1.807) is 19.4 Å². The summed E-state index contributed by atoms with van der Waals surface area (Å²) in [6, 6.07) is 9.40. The van der Waals surface area contributed by atoms with Crippen molar-refractivity contribution in [3.8, 4) is 11.6 Å². The van der Waals surface area contributed by atoms with E-state index in [1.807, 2.05) is 31.2 Å². The molecule has 6 nitrogen and oxygen atoms in total. The van der Waals surface area contributed by atoms with Gasteiger partial charge in [0, 0.05) is 18.8 Å². The van der Waals surface area contributed by atoms with Crippen LogP contribution in [0.2, 0.25) is 0 Å². The van der Waals surface area contributed by atoms with Crippen LogP contribution in [0.1, 0.15) is 22.8 Å². The van der Waals surface area contributed by atoms with Crippen LogP contribution in [0.25, 0.3) is 0 Å². The van der Waals surface area contributed by atoms with E-state index in [1.165, 1.54) is 0 Å². The molecule has 1 aliphatic heterocycles. The second kappa shape index (κ2) is 6.56. The molecule has 0 saturated carbocycles. The lowest BCUT2D eigenvalue weighted by Crippen LogP contribution is -2.43. The lowest BCUT2D eigenvalue weighted by atomic mass is 10.1. The summed E-state index contributed by atoms with van der Waals surface area (Å²) in [6.45, 7) is 3.63. The number of carbonyl (C=O) groups excluding carboxylic acids is 1. The van der Waals surface area contributed by atoms with Gasteiger partial charge in [0.15, 0.2) is 0 Å². The van der Waals surface area contributed by atoms with Crippen LogP contribution in [-0.2, 0) is 6.54 Å². The SMILES string of the molecule is CCOc1cc(CN2CNC(=O)c3cc(OC)ccc32)ccn1. The summed E-state index contributed by atoms with van der Waals surface area (Å²) in [4.78, 5) is 18.3. The third-order valence-electron chi connectivity index (χ3n) is 3.68. The normalized spacial score (nSPS) is 13.3. The van der Waals surface area contributed by atoms with Crippen molar-refractivity contribution in [2.24, 2.45) is 0 Å². The number of anilines is 1. The van der Waals surface area contributed by atoms with Crippen LogP contribution in [0.5, 0.6) is 11.6 Å². The van der Waals surface area contributed by atoms with E-state index in [2.05, 4.69) is 15.2 Å². The number of hydrogen-bond donors (Lipinski definition) is 1. The van der Waals surface area contributed by atoms with Gasteiger partial charge < -0.3 is 19.7 Å².